The Morgan fingerprint density at radius 3 is 2.40 bits per heavy atom. The predicted molar refractivity (Wildman–Crippen MR) is 62.5 cm³/mol. The number of aryl methyl sites for hydroxylation is 1. The van der Waals surface area contributed by atoms with E-state index in [0.29, 0.717) is 0 Å². The predicted octanol–water partition coefficient (Wildman–Crippen LogP) is 1.15. The zero-order valence-electron chi connectivity index (χ0n) is 10.1. The van der Waals surface area contributed by atoms with E-state index in [1.54, 1.807) is 0 Å². The van der Waals surface area contributed by atoms with Gasteiger partial charge < -0.3 is 5.73 Å². The van der Waals surface area contributed by atoms with Crippen molar-refractivity contribution in [3.8, 4) is 0 Å². The molecule has 1 aromatic heterocycles. The van der Waals surface area contributed by atoms with Crippen molar-refractivity contribution in [3.63, 3.8) is 0 Å². The number of likely N-dealkylation sites (N-methyl/N-ethyl adjacent to an activating group) is 1. The van der Waals surface area contributed by atoms with Crippen molar-refractivity contribution in [3.05, 3.63) is 18.0 Å². The van der Waals surface area contributed by atoms with Gasteiger partial charge in [-0.3, -0.25) is 9.58 Å². The summed E-state index contributed by atoms with van der Waals surface area (Å²) in [4.78, 5) is 2.36. The first-order valence-corrected chi connectivity index (χ1v) is 5.58. The number of aromatic nitrogens is 2. The van der Waals surface area contributed by atoms with Crippen molar-refractivity contribution >= 4 is 0 Å². The van der Waals surface area contributed by atoms with Crippen molar-refractivity contribution in [1.29, 1.82) is 0 Å². The number of hydrogen-bond acceptors (Lipinski definition) is 3. The second kappa shape index (κ2) is 5.28. The monoisotopic (exact) mass is 210 g/mol. The second-order valence-corrected chi connectivity index (χ2v) is 3.97. The van der Waals surface area contributed by atoms with E-state index in [4.69, 9.17) is 5.73 Å². The first-order chi connectivity index (χ1) is 7.10. The number of nitrogens with zero attached hydrogens (tertiary/aromatic N) is 3. The van der Waals surface area contributed by atoms with Crippen LogP contribution in [-0.2, 0) is 7.05 Å². The van der Waals surface area contributed by atoms with E-state index in [1.807, 2.05) is 24.1 Å². The largest absolute Gasteiger partial charge is 0.326 e. The Labute approximate surface area is 92.1 Å². The highest BCUT2D eigenvalue weighted by molar-refractivity contribution is 5.12. The molecule has 1 heterocycles. The third kappa shape index (κ3) is 2.79. The highest BCUT2D eigenvalue weighted by Gasteiger charge is 2.22. The summed E-state index contributed by atoms with van der Waals surface area (Å²) in [7, 11) is 1.93. The molecule has 0 bridgehead atoms. The zero-order valence-corrected chi connectivity index (χ0v) is 10.1. The summed E-state index contributed by atoms with van der Waals surface area (Å²) in [6.07, 6.45) is 3.96. The van der Waals surface area contributed by atoms with Gasteiger partial charge in [0.05, 0.1) is 12.2 Å². The van der Waals surface area contributed by atoms with Crippen LogP contribution in [0, 0.1) is 0 Å². The molecule has 2 N–H and O–H groups in total. The van der Waals surface area contributed by atoms with Gasteiger partial charge in [0.15, 0.2) is 0 Å². The minimum Gasteiger partial charge on any atom is -0.326 e. The maximum atomic E-state index is 6.05. The molecule has 4 heteroatoms. The highest BCUT2D eigenvalue weighted by Crippen LogP contribution is 2.22. The molecule has 15 heavy (non-hydrogen) atoms. The summed E-state index contributed by atoms with van der Waals surface area (Å²) >= 11 is 0. The van der Waals surface area contributed by atoms with E-state index in [1.165, 1.54) is 5.56 Å². The van der Waals surface area contributed by atoms with Crippen molar-refractivity contribution in [2.45, 2.75) is 32.9 Å². The Morgan fingerprint density at radius 1 is 1.47 bits per heavy atom. The van der Waals surface area contributed by atoms with Crippen LogP contribution >= 0.6 is 0 Å². The van der Waals surface area contributed by atoms with Gasteiger partial charge in [0.1, 0.15) is 0 Å². The standard InChI is InChI=1S/C11H22N4/c1-5-15(6-2)11(9(3)12)10-7-13-14(4)8-10/h7-9,11H,5-6,12H2,1-4H3. The lowest BCUT2D eigenvalue weighted by atomic mass is 10.0. The number of hydrogen-bond donors (Lipinski definition) is 1. The highest BCUT2D eigenvalue weighted by atomic mass is 15.3. The van der Waals surface area contributed by atoms with E-state index in [-0.39, 0.29) is 12.1 Å². The van der Waals surface area contributed by atoms with E-state index >= 15 is 0 Å². The molecule has 0 amide bonds. The summed E-state index contributed by atoms with van der Waals surface area (Å²) in [5.74, 6) is 0. The van der Waals surface area contributed by atoms with Crippen molar-refractivity contribution in [2.75, 3.05) is 13.1 Å². The van der Waals surface area contributed by atoms with Gasteiger partial charge in [0, 0.05) is 24.8 Å². The van der Waals surface area contributed by atoms with Crippen LogP contribution in [-0.4, -0.2) is 33.8 Å². The Bertz CT molecular complexity index is 289. The van der Waals surface area contributed by atoms with E-state index in [9.17, 15) is 0 Å². The summed E-state index contributed by atoms with van der Waals surface area (Å²) in [6, 6.07) is 0.391. The van der Waals surface area contributed by atoms with Crippen molar-refractivity contribution in [2.24, 2.45) is 12.8 Å². The zero-order chi connectivity index (χ0) is 11.4. The Morgan fingerprint density at radius 2 is 2.07 bits per heavy atom. The molecule has 0 saturated carbocycles. The van der Waals surface area contributed by atoms with Gasteiger partial charge in [-0.15, -0.1) is 0 Å². The summed E-state index contributed by atoms with van der Waals surface area (Å²) in [6.45, 7) is 8.40. The molecule has 1 rings (SSSR count). The van der Waals surface area contributed by atoms with Gasteiger partial charge in [-0.05, 0) is 20.0 Å². The van der Waals surface area contributed by atoms with E-state index < -0.39 is 0 Å². The lowest BCUT2D eigenvalue weighted by Crippen LogP contribution is -2.39. The molecule has 1 aromatic rings. The van der Waals surface area contributed by atoms with Crippen LogP contribution in [0.15, 0.2) is 12.4 Å². The van der Waals surface area contributed by atoms with Gasteiger partial charge >= 0.3 is 0 Å². The molecule has 0 spiro atoms. The lowest BCUT2D eigenvalue weighted by molar-refractivity contribution is 0.195. The lowest BCUT2D eigenvalue weighted by Gasteiger charge is -2.31. The van der Waals surface area contributed by atoms with Gasteiger partial charge in [0.2, 0.25) is 0 Å². The van der Waals surface area contributed by atoms with Crippen LogP contribution in [0.2, 0.25) is 0 Å². The average Bonchev–Trinajstić information content (AvgIpc) is 2.59. The maximum Gasteiger partial charge on any atom is 0.0538 e. The molecule has 0 radical (unpaired) electrons. The second-order valence-electron chi connectivity index (χ2n) is 3.97. The molecule has 2 unspecified atom stereocenters. The molecule has 4 nitrogen and oxygen atoms in total. The molecule has 0 saturated heterocycles. The van der Waals surface area contributed by atoms with Gasteiger partial charge in [-0.2, -0.15) is 5.10 Å². The molecule has 0 aromatic carbocycles. The fraction of sp³-hybridized carbons (Fsp3) is 0.727. The Kier molecular flexibility index (Phi) is 4.29. The van der Waals surface area contributed by atoms with Crippen LogP contribution in [0.4, 0.5) is 0 Å². The van der Waals surface area contributed by atoms with Crippen LogP contribution in [0.25, 0.3) is 0 Å². The van der Waals surface area contributed by atoms with E-state index in [2.05, 4.69) is 30.8 Å². The van der Waals surface area contributed by atoms with Crippen molar-refractivity contribution < 1.29 is 0 Å². The molecule has 2 atom stereocenters. The third-order valence-electron chi connectivity index (χ3n) is 2.77. The average molecular weight is 210 g/mol. The molecular formula is C11H22N4. The molecule has 0 aliphatic heterocycles. The summed E-state index contributed by atoms with van der Waals surface area (Å²) in [5.41, 5.74) is 7.26. The summed E-state index contributed by atoms with van der Waals surface area (Å²) in [5, 5.41) is 4.21. The van der Waals surface area contributed by atoms with Crippen molar-refractivity contribution in [1.82, 2.24) is 14.7 Å². The fourth-order valence-corrected chi connectivity index (χ4v) is 2.06. The van der Waals surface area contributed by atoms with Crippen LogP contribution < -0.4 is 5.73 Å². The van der Waals surface area contributed by atoms with Crippen LogP contribution in [0.5, 0.6) is 0 Å². The van der Waals surface area contributed by atoms with Gasteiger partial charge in [-0.1, -0.05) is 13.8 Å². The first-order valence-electron chi connectivity index (χ1n) is 5.58. The van der Waals surface area contributed by atoms with Crippen LogP contribution in [0.3, 0.4) is 0 Å². The van der Waals surface area contributed by atoms with Crippen LogP contribution in [0.1, 0.15) is 32.4 Å². The SMILES string of the molecule is CCN(CC)C(c1cnn(C)c1)C(C)N. The quantitative estimate of drug-likeness (QED) is 0.793. The molecule has 0 fully saturated rings. The molecule has 0 aliphatic rings. The fourth-order valence-electron chi connectivity index (χ4n) is 2.06. The van der Waals surface area contributed by atoms with Gasteiger partial charge in [0.25, 0.3) is 0 Å². The first kappa shape index (κ1) is 12.2. The van der Waals surface area contributed by atoms with E-state index in [0.717, 1.165) is 13.1 Å². The number of nitrogens with two attached hydrogens (primary N) is 1. The van der Waals surface area contributed by atoms with Gasteiger partial charge in [-0.25, -0.2) is 0 Å². The molecular weight excluding hydrogens is 188 g/mol. The minimum atomic E-state index is 0.120. The third-order valence-corrected chi connectivity index (χ3v) is 2.77. The maximum absolute atomic E-state index is 6.05. The molecule has 0 aliphatic carbocycles. The normalized spacial score (nSPS) is 15.6. The Hall–Kier alpha value is -0.870. The minimum absolute atomic E-state index is 0.120. The summed E-state index contributed by atoms with van der Waals surface area (Å²) < 4.78 is 1.83. The smallest absolute Gasteiger partial charge is 0.0538 e. The molecule has 86 valence electrons. The Balaban J connectivity index is 2.91. The number of rotatable bonds is 5. The topological polar surface area (TPSA) is 47.1 Å².